The summed E-state index contributed by atoms with van der Waals surface area (Å²) in [4.78, 5) is 16.2. The number of fused-ring (bicyclic) bond motifs is 2. The Balaban J connectivity index is 2.11. The van der Waals surface area contributed by atoms with Crippen molar-refractivity contribution in [2.45, 2.75) is 9.79 Å². The Morgan fingerprint density at radius 2 is 1.58 bits per heavy atom. The molecule has 0 atom stereocenters. The molecule has 19 heavy (non-hydrogen) atoms. The molecule has 2 aromatic rings. The van der Waals surface area contributed by atoms with Gasteiger partial charge in [-0.2, -0.15) is 0 Å². The van der Waals surface area contributed by atoms with Crippen LogP contribution in [0.25, 0.3) is 0 Å². The highest BCUT2D eigenvalue weighted by molar-refractivity contribution is 7.99. The lowest BCUT2D eigenvalue weighted by Gasteiger charge is -2.31. The fourth-order valence-corrected chi connectivity index (χ4v) is 3.27. The molecule has 94 valence electrons. The summed E-state index contributed by atoms with van der Waals surface area (Å²) in [7, 11) is 0. The van der Waals surface area contributed by atoms with E-state index in [1.54, 1.807) is 11.8 Å². The zero-order valence-electron chi connectivity index (χ0n) is 10.4. The molecule has 0 bridgehead atoms. The molecule has 1 heterocycles. The lowest BCUT2D eigenvalue weighted by molar-refractivity contribution is -0.113. The van der Waals surface area contributed by atoms with Crippen LogP contribution < -0.4 is 4.90 Å². The second kappa shape index (κ2) is 4.94. The zero-order chi connectivity index (χ0) is 13.2. The number of carbonyl (C=O) groups is 1. The second-order valence-corrected chi connectivity index (χ2v) is 5.38. The SMILES string of the molecule is C=CC(=O)CN1c2ccccc2Sc2ccccc21. The predicted molar refractivity (Wildman–Crippen MR) is 79.2 cm³/mol. The summed E-state index contributed by atoms with van der Waals surface area (Å²) in [5, 5.41) is 0. The summed E-state index contributed by atoms with van der Waals surface area (Å²) in [6.07, 6.45) is 1.38. The molecule has 2 aromatic carbocycles. The number of ketones is 1. The van der Waals surface area contributed by atoms with E-state index in [9.17, 15) is 4.79 Å². The van der Waals surface area contributed by atoms with E-state index in [0.717, 1.165) is 11.4 Å². The summed E-state index contributed by atoms with van der Waals surface area (Å²) in [6.45, 7) is 3.89. The molecule has 3 heteroatoms. The van der Waals surface area contributed by atoms with Crippen LogP contribution in [-0.4, -0.2) is 12.3 Å². The summed E-state index contributed by atoms with van der Waals surface area (Å²) in [5.41, 5.74) is 2.17. The first-order valence-electron chi connectivity index (χ1n) is 6.08. The van der Waals surface area contributed by atoms with Crippen molar-refractivity contribution in [1.82, 2.24) is 0 Å². The van der Waals surface area contributed by atoms with Crippen LogP contribution in [0.2, 0.25) is 0 Å². The summed E-state index contributed by atoms with van der Waals surface area (Å²) in [5.74, 6) is 0.0245. The van der Waals surface area contributed by atoms with Gasteiger partial charge in [0.1, 0.15) is 0 Å². The number of nitrogens with zero attached hydrogens (tertiary/aromatic N) is 1. The van der Waals surface area contributed by atoms with Gasteiger partial charge in [-0.05, 0) is 30.3 Å². The van der Waals surface area contributed by atoms with Gasteiger partial charge in [0.25, 0.3) is 0 Å². The van der Waals surface area contributed by atoms with Crippen LogP contribution in [0.5, 0.6) is 0 Å². The lowest BCUT2D eigenvalue weighted by atomic mass is 10.2. The third-order valence-electron chi connectivity index (χ3n) is 3.07. The smallest absolute Gasteiger partial charge is 0.174 e. The minimum absolute atomic E-state index is 0.0245. The van der Waals surface area contributed by atoms with E-state index in [2.05, 4.69) is 35.7 Å². The Morgan fingerprint density at radius 1 is 1.05 bits per heavy atom. The minimum Gasteiger partial charge on any atom is -0.332 e. The third-order valence-corrected chi connectivity index (χ3v) is 4.20. The molecular weight excluding hydrogens is 254 g/mol. The van der Waals surface area contributed by atoms with Crippen molar-refractivity contribution in [2.75, 3.05) is 11.4 Å². The Kier molecular flexibility index (Phi) is 3.13. The quantitative estimate of drug-likeness (QED) is 0.783. The minimum atomic E-state index is 0.0245. The standard InChI is InChI=1S/C16H13NOS/c1-2-12(18)11-17-13-7-3-5-9-15(13)19-16-10-6-4-8-14(16)17/h2-10H,1,11H2. The lowest BCUT2D eigenvalue weighted by Crippen LogP contribution is -2.26. The van der Waals surface area contributed by atoms with Crippen LogP contribution in [0.4, 0.5) is 11.4 Å². The van der Waals surface area contributed by atoms with E-state index in [1.807, 2.05) is 24.3 Å². The third kappa shape index (κ3) is 2.17. The second-order valence-electron chi connectivity index (χ2n) is 4.29. The van der Waals surface area contributed by atoms with E-state index < -0.39 is 0 Å². The molecule has 0 spiro atoms. The van der Waals surface area contributed by atoms with Crippen molar-refractivity contribution >= 4 is 28.9 Å². The number of hydrogen-bond acceptors (Lipinski definition) is 3. The predicted octanol–water partition coefficient (Wildman–Crippen LogP) is 4.04. The molecule has 0 N–H and O–H groups in total. The average Bonchev–Trinajstić information content (AvgIpc) is 2.46. The van der Waals surface area contributed by atoms with Gasteiger partial charge >= 0.3 is 0 Å². The first-order valence-corrected chi connectivity index (χ1v) is 6.90. The summed E-state index contributed by atoms with van der Waals surface area (Å²) in [6, 6.07) is 16.3. The van der Waals surface area contributed by atoms with Crippen LogP contribution in [0.1, 0.15) is 0 Å². The molecular formula is C16H13NOS. The van der Waals surface area contributed by atoms with Gasteiger partial charge in [0.2, 0.25) is 0 Å². The van der Waals surface area contributed by atoms with Crippen LogP contribution in [-0.2, 0) is 4.79 Å². The van der Waals surface area contributed by atoms with Crippen molar-refractivity contribution in [1.29, 1.82) is 0 Å². The van der Waals surface area contributed by atoms with Crippen molar-refractivity contribution in [3.05, 3.63) is 61.2 Å². The molecule has 2 nitrogen and oxygen atoms in total. The van der Waals surface area contributed by atoms with E-state index in [0.29, 0.717) is 6.54 Å². The highest BCUT2D eigenvalue weighted by atomic mass is 32.2. The Labute approximate surface area is 116 Å². The van der Waals surface area contributed by atoms with Crippen LogP contribution >= 0.6 is 11.8 Å². The van der Waals surface area contributed by atoms with E-state index >= 15 is 0 Å². The monoisotopic (exact) mass is 267 g/mol. The van der Waals surface area contributed by atoms with Gasteiger partial charge in [-0.1, -0.05) is 42.6 Å². The summed E-state index contributed by atoms with van der Waals surface area (Å²) >= 11 is 1.74. The molecule has 0 fully saturated rings. The van der Waals surface area contributed by atoms with Gasteiger partial charge in [0.15, 0.2) is 5.78 Å². The Morgan fingerprint density at radius 3 is 2.11 bits per heavy atom. The molecule has 0 unspecified atom stereocenters. The van der Waals surface area contributed by atoms with Gasteiger partial charge in [-0.25, -0.2) is 0 Å². The molecule has 1 aliphatic heterocycles. The molecule has 0 aliphatic carbocycles. The zero-order valence-corrected chi connectivity index (χ0v) is 11.2. The molecule has 0 saturated carbocycles. The van der Waals surface area contributed by atoms with Crippen molar-refractivity contribution in [3.63, 3.8) is 0 Å². The first kappa shape index (κ1) is 12.1. The Hall–Kier alpha value is -2.00. The molecule has 3 rings (SSSR count). The first-order chi connectivity index (χ1) is 9.29. The van der Waals surface area contributed by atoms with Crippen molar-refractivity contribution in [3.8, 4) is 0 Å². The summed E-state index contributed by atoms with van der Waals surface area (Å²) < 4.78 is 0. The average molecular weight is 267 g/mol. The Bertz CT molecular complexity index is 605. The van der Waals surface area contributed by atoms with Gasteiger partial charge < -0.3 is 4.90 Å². The van der Waals surface area contributed by atoms with Crippen LogP contribution in [0.15, 0.2) is 71.0 Å². The normalized spacial score (nSPS) is 12.5. The highest BCUT2D eigenvalue weighted by Gasteiger charge is 2.23. The van der Waals surface area contributed by atoms with E-state index in [-0.39, 0.29) is 5.78 Å². The number of benzene rings is 2. The number of para-hydroxylation sites is 2. The van der Waals surface area contributed by atoms with Gasteiger partial charge in [0, 0.05) is 9.79 Å². The fourth-order valence-electron chi connectivity index (χ4n) is 2.17. The van der Waals surface area contributed by atoms with Crippen LogP contribution in [0.3, 0.4) is 0 Å². The van der Waals surface area contributed by atoms with Gasteiger partial charge in [-0.3, -0.25) is 4.79 Å². The largest absolute Gasteiger partial charge is 0.332 e. The van der Waals surface area contributed by atoms with Crippen molar-refractivity contribution < 1.29 is 4.79 Å². The fraction of sp³-hybridized carbons (Fsp3) is 0.0625. The molecule has 0 radical (unpaired) electrons. The topological polar surface area (TPSA) is 20.3 Å². The molecule has 0 saturated heterocycles. The maximum atomic E-state index is 11.7. The molecule has 0 aromatic heterocycles. The molecule has 1 aliphatic rings. The van der Waals surface area contributed by atoms with Crippen molar-refractivity contribution in [2.24, 2.45) is 0 Å². The van der Waals surface area contributed by atoms with E-state index in [1.165, 1.54) is 15.9 Å². The number of carbonyl (C=O) groups excluding carboxylic acids is 1. The van der Waals surface area contributed by atoms with Crippen LogP contribution in [0, 0.1) is 0 Å². The molecule has 0 amide bonds. The number of anilines is 2. The van der Waals surface area contributed by atoms with E-state index in [4.69, 9.17) is 0 Å². The number of rotatable bonds is 3. The highest BCUT2D eigenvalue weighted by Crippen LogP contribution is 2.47. The maximum absolute atomic E-state index is 11.7. The van der Waals surface area contributed by atoms with Gasteiger partial charge in [-0.15, -0.1) is 0 Å². The maximum Gasteiger partial charge on any atom is 0.174 e. The number of hydrogen-bond donors (Lipinski definition) is 0. The van der Waals surface area contributed by atoms with Gasteiger partial charge in [0.05, 0.1) is 17.9 Å².